The van der Waals surface area contributed by atoms with Crippen LogP contribution >= 0.6 is 0 Å². The number of carbonyl (C=O) groups excluding carboxylic acids is 3. The van der Waals surface area contributed by atoms with Crippen molar-refractivity contribution in [2.45, 2.75) is 44.7 Å². The molecule has 0 saturated carbocycles. The number of carbonyl (C=O) groups is 4. The number of esters is 1. The highest BCUT2D eigenvalue weighted by atomic mass is 16.6. The maximum absolute atomic E-state index is 13.1. The number of carboxylic acids is 1. The van der Waals surface area contributed by atoms with Gasteiger partial charge in [-0.3, -0.25) is 24.5 Å². The minimum atomic E-state index is -1.58. The third kappa shape index (κ3) is 8.22. The van der Waals surface area contributed by atoms with E-state index in [1.165, 1.54) is 31.2 Å². The first-order valence-electron chi connectivity index (χ1n) is 10.9. The molecule has 0 heterocycles. The summed E-state index contributed by atoms with van der Waals surface area (Å²) < 4.78 is 4.96. The SMILES string of the molecule is CCOC(=O)C[C@H](c1ccc([N+](=O)[O-])cc1)[C@@H](NC(=O)[C@@H](Cc1ccccc1)NC(C)=O)C(=O)O. The van der Waals surface area contributed by atoms with Gasteiger partial charge in [0.1, 0.15) is 12.1 Å². The lowest BCUT2D eigenvalue weighted by atomic mass is 9.88. The number of nitro groups is 1. The summed E-state index contributed by atoms with van der Waals surface area (Å²) in [7, 11) is 0. The van der Waals surface area contributed by atoms with E-state index < -0.39 is 53.1 Å². The van der Waals surface area contributed by atoms with Gasteiger partial charge in [-0.15, -0.1) is 0 Å². The van der Waals surface area contributed by atoms with Gasteiger partial charge in [0.25, 0.3) is 5.69 Å². The molecule has 0 aromatic heterocycles. The molecule has 0 aliphatic rings. The second kappa shape index (κ2) is 12.8. The zero-order valence-electron chi connectivity index (χ0n) is 19.3. The molecule has 11 heteroatoms. The normalized spacial score (nSPS) is 13.1. The maximum atomic E-state index is 13.1. The summed E-state index contributed by atoms with van der Waals surface area (Å²) in [6.07, 6.45) is -0.287. The van der Waals surface area contributed by atoms with E-state index in [2.05, 4.69) is 10.6 Å². The Morgan fingerprint density at radius 2 is 1.66 bits per heavy atom. The number of amides is 2. The second-order valence-electron chi connectivity index (χ2n) is 7.73. The lowest BCUT2D eigenvalue weighted by Crippen LogP contribution is -2.54. The molecular weight excluding hydrogens is 458 g/mol. The van der Waals surface area contributed by atoms with E-state index >= 15 is 0 Å². The van der Waals surface area contributed by atoms with Crippen molar-refractivity contribution >= 4 is 29.4 Å². The predicted octanol–water partition coefficient (Wildman–Crippen LogP) is 1.95. The van der Waals surface area contributed by atoms with Gasteiger partial charge in [0.15, 0.2) is 0 Å². The van der Waals surface area contributed by atoms with Gasteiger partial charge < -0.3 is 20.5 Å². The van der Waals surface area contributed by atoms with Crippen molar-refractivity contribution in [2.24, 2.45) is 0 Å². The average Bonchev–Trinajstić information content (AvgIpc) is 2.81. The predicted molar refractivity (Wildman–Crippen MR) is 124 cm³/mol. The molecule has 2 rings (SSSR count). The van der Waals surface area contributed by atoms with E-state index in [0.717, 1.165) is 5.56 Å². The van der Waals surface area contributed by atoms with E-state index in [1.54, 1.807) is 37.3 Å². The van der Waals surface area contributed by atoms with E-state index in [9.17, 15) is 34.4 Å². The van der Waals surface area contributed by atoms with Gasteiger partial charge in [-0.1, -0.05) is 42.5 Å². The average molecular weight is 485 g/mol. The Morgan fingerprint density at radius 1 is 1.03 bits per heavy atom. The van der Waals surface area contributed by atoms with Crippen LogP contribution < -0.4 is 10.6 Å². The number of nitro benzene ring substituents is 1. The van der Waals surface area contributed by atoms with Gasteiger partial charge in [0, 0.05) is 31.4 Å². The maximum Gasteiger partial charge on any atom is 0.326 e. The first-order valence-corrected chi connectivity index (χ1v) is 10.9. The Labute approximate surface area is 201 Å². The van der Waals surface area contributed by atoms with Gasteiger partial charge in [0.2, 0.25) is 11.8 Å². The molecule has 11 nitrogen and oxygen atoms in total. The largest absolute Gasteiger partial charge is 0.480 e. The molecule has 35 heavy (non-hydrogen) atoms. The summed E-state index contributed by atoms with van der Waals surface area (Å²) in [5.41, 5.74) is 0.815. The highest BCUT2D eigenvalue weighted by molar-refractivity contribution is 5.91. The fourth-order valence-corrected chi connectivity index (χ4v) is 3.56. The fourth-order valence-electron chi connectivity index (χ4n) is 3.56. The first kappa shape index (κ1) is 27.0. The molecule has 2 aromatic carbocycles. The summed E-state index contributed by atoms with van der Waals surface area (Å²) in [5, 5.41) is 25.9. The molecule has 0 aliphatic heterocycles. The van der Waals surface area contributed by atoms with Crippen LogP contribution in [0.25, 0.3) is 0 Å². The number of rotatable bonds is 12. The smallest absolute Gasteiger partial charge is 0.326 e. The standard InChI is InChI=1S/C24H27N3O8/c1-3-35-21(29)14-19(17-9-11-18(12-10-17)27(33)34)22(24(31)32)26-23(30)20(25-15(2)28)13-16-7-5-4-6-8-16/h4-12,19-20,22H,3,13-14H2,1-2H3,(H,25,28)(H,26,30)(H,31,32)/t19-,20-,22-/m1/s1. The molecule has 0 radical (unpaired) electrons. The molecule has 0 spiro atoms. The van der Waals surface area contributed by atoms with Gasteiger partial charge in [-0.05, 0) is 18.1 Å². The topological polar surface area (TPSA) is 165 Å². The number of nitrogens with zero attached hydrogens (tertiary/aromatic N) is 1. The summed E-state index contributed by atoms with van der Waals surface area (Å²) in [4.78, 5) is 59.6. The zero-order valence-corrected chi connectivity index (χ0v) is 19.3. The lowest BCUT2D eigenvalue weighted by molar-refractivity contribution is -0.384. The summed E-state index contributed by atoms with van der Waals surface area (Å²) in [6, 6.07) is 11.2. The Kier molecular flexibility index (Phi) is 9.88. The van der Waals surface area contributed by atoms with Crippen LogP contribution in [-0.4, -0.2) is 52.5 Å². The number of benzene rings is 2. The molecule has 0 aliphatic carbocycles. The number of carboxylic acid groups (broad SMARTS) is 1. The zero-order chi connectivity index (χ0) is 26.0. The first-order chi connectivity index (χ1) is 16.6. The monoisotopic (exact) mass is 485 g/mol. The highest BCUT2D eigenvalue weighted by Gasteiger charge is 2.35. The molecule has 186 valence electrons. The fraction of sp³-hybridized carbons (Fsp3) is 0.333. The molecule has 0 fully saturated rings. The number of aliphatic carboxylic acids is 1. The van der Waals surface area contributed by atoms with Crippen LogP contribution in [0.3, 0.4) is 0 Å². The lowest BCUT2D eigenvalue weighted by Gasteiger charge is -2.27. The third-order valence-electron chi connectivity index (χ3n) is 5.17. The molecule has 2 aromatic rings. The van der Waals surface area contributed by atoms with Crippen LogP contribution in [0, 0.1) is 10.1 Å². The van der Waals surface area contributed by atoms with Crippen LogP contribution in [0.2, 0.25) is 0 Å². The minimum absolute atomic E-state index is 0.0671. The summed E-state index contributed by atoms with van der Waals surface area (Å²) in [5.74, 6) is -4.45. The number of nitrogens with one attached hydrogen (secondary N) is 2. The van der Waals surface area contributed by atoms with Crippen molar-refractivity contribution in [3.8, 4) is 0 Å². The second-order valence-corrected chi connectivity index (χ2v) is 7.73. The molecule has 2 amide bonds. The Hall–Kier alpha value is -4.28. The third-order valence-corrected chi connectivity index (χ3v) is 5.17. The molecule has 3 atom stereocenters. The van der Waals surface area contributed by atoms with Gasteiger partial charge in [-0.25, -0.2) is 4.79 Å². The Morgan fingerprint density at radius 3 is 2.17 bits per heavy atom. The van der Waals surface area contributed by atoms with E-state index in [-0.39, 0.29) is 24.3 Å². The van der Waals surface area contributed by atoms with Crippen LogP contribution in [-0.2, 0) is 30.3 Å². The van der Waals surface area contributed by atoms with Crippen molar-refractivity contribution in [2.75, 3.05) is 6.61 Å². The number of hydrogen-bond acceptors (Lipinski definition) is 7. The molecular formula is C24H27N3O8. The molecule has 0 saturated heterocycles. The minimum Gasteiger partial charge on any atom is -0.480 e. The van der Waals surface area contributed by atoms with E-state index in [0.29, 0.717) is 0 Å². The van der Waals surface area contributed by atoms with Crippen LogP contribution in [0.5, 0.6) is 0 Å². The quantitative estimate of drug-likeness (QED) is 0.233. The molecule has 0 unspecified atom stereocenters. The van der Waals surface area contributed by atoms with Crippen molar-refractivity contribution in [3.63, 3.8) is 0 Å². The van der Waals surface area contributed by atoms with Gasteiger partial charge in [0.05, 0.1) is 18.0 Å². The van der Waals surface area contributed by atoms with Crippen molar-refractivity contribution < 1.29 is 33.9 Å². The van der Waals surface area contributed by atoms with E-state index in [1.807, 2.05) is 0 Å². The Balaban J connectivity index is 2.36. The number of non-ortho nitro benzene ring substituents is 1. The summed E-state index contributed by atoms with van der Waals surface area (Å²) in [6.45, 7) is 2.90. The van der Waals surface area contributed by atoms with Crippen LogP contribution in [0.4, 0.5) is 5.69 Å². The van der Waals surface area contributed by atoms with E-state index in [4.69, 9.17) is 4.74 Å². The van der Waals surface area contributed by atoms with Gasteiger partial charge in [-0.2, -0.15) is 0 Å². The van der Waals surface area contributed by atoms with Crippen LogP contribution in [0.15, 0.2) is 54.6 Å². The van der Waals surface area contributed by atoms with Crippen molar-refractivity contribution in [3.05, 3.63) is 75.8 Å². The summed E-state index contributed by atoms with van der Waals surface area (Å²) >= 11 is 0. The highest BCUT2D eigenvalue weighted by Crippen LogP contribution is 2.27. The van der Waals surface area contributed by atoms with Crippen LogP contribution in [0.1, 0.15) is 37.3 Å². The van der Waals surface area contributed by atoms with Crippen molar-refractivity contribution in [1.82, 2.24) is 10.6 Å². The number of ether oxygens (including phenoxy) is 1. The van der Waals surface area contributed by atoms with Crippen molar-refractivity contribution in [1.29, 1.82) is 0 Å². The molecule has 0 bridgehead atoms. The Bertz CT molecular complexity index is 1060. The number of hydrogen-bond donors (Lipinski definition) is 3. The van der Waals surface area contributed by atoms with Gasteiger partial charge >= 0.3 is 11.9 Å². The molecule has 3 N–H and O–H groups in total.